The number of amides is 10. The third-order valence-corrected chi connectivity index (χ3v) is 9.04. The molecule has 21 nitrogen and oxygen atoms in total. The van der Waals surface area contributed by atoms with Crippen LogP contribution < -0.4 is 31.9 Å². The third-order valence-electron chi connectivity index (χ3n) is 9.04. The van der Waals surface area contributed by atoms with E-state index in [1.165, 1.54) is 33.1 Å². The standard InChI is InChI=1S/C36H54N10O11/c1-37-35(56)26-21-46(23-47)32(53)13-9-8-12-27(48)38-16-29(50)41-19-33(54)44(3)25(15-14-24-10-6-5-7-11-24)36(57)43(2)22-31(52)40-18-28(49)39-17-30(51)42-20-34(55)45(26)4/h5-7,10-11,25-26,47H,8-9,12-23H2,1-4H3,(H,37,56)(H,38,48)(H,39,49)(H,40,52)(H,41,50)(H,42,51). The summed E-state index contributed by atoms with van der Waals surface area (Å²) in [6, 6.07) is 6.89. The van der Waals surface area contributed by atoms with Crippen LogP contribution in [0.2, 0.25) is 0 Å². The molecule has 2 rings (SSSR count). The molecule has 10 amide bonds. The maximum atomic E-state index is 13.6. The molecule has 0 aromatic heterocycles. The lowest BCUT2D eigenvalue weighted by molar-refractivity contribution is -0.145. The molecule has 2 atom stereocenters. The predicted molar refractivity (Wildman–Crippen MR) is 202 cm³/mol. The van der Waals surface area contributed by atoms with Crippen molar-refractivity contribution in [3.8, 4) is 0 Å². The Kier molecular flexibility index (Phi) is 20.1. The summed E-state index contributed by atoms with van der Waals surface area (Å²) >= 11 is 0. The van der Waals surface area contributed by atoms with Gasteiger partial charge in [-0.25, -0.2) is 0 Å². The number of aryl methyl sites for hydroxylation is 1. The van der Waals surface area contributed by atoms with E-state index in [4.69, 9.17) is 0 Å². The Balaban J connectivity index is 2.20. The summed E-state index contributed by atoms with van der Waals surface area (Å²) in [6.45, 7) is -4.30. The number of benzene rings is 1. The molecular weight excluding hydrogens is 748 g/mol. The predicted octanol–water partition coefficient (Wildman–Crippen LogP) is -4.59. The van der Waals surface area contributed by atoms with Crippen molar-refractivity contribution < 1.29 is 53.1 Å². The van der Waals surface area contributed by atoms with E-state index in [-0.39, 0.29) is 38.6 Å². The van der Waals surface area contributed by atoms with E-state index in [9.17, 15) is 53.1 Å². The van der Waals surface area contributed by atoms with E-state index >= 15 is 0 Å². The number of aliphatic hydroxyl groups excluding tert-OH is 1. The summed E-state index contributed by atoms with van der Waals surface area (Å²) in [7, 11) is 5.33. The van der Waals surface area contributed by atoms with Crippen LogP contribution in [0.4, 0.5) is 0 Å². The number of nitrogens with one attached hydrogen (secondary N) is 6. The molecule has 0 radical (unpaired) electrons. The molecule has 7 N–H and O–H groups in total. The summed E-state index contributed by atoms with van der Waals surface area (Å²) < 4.78 is 0. The molecule has 0 aliphatic carbocycles. The highest BCUT2D eigenvalue weighted by Gasteiger charge is 2.31. The lowest BCUT2D eigenvalue weighted by Crippen LogP contribution is -2.55. The Labute approximate surface area is 330 Å². The first-order valence-electron chi connectivity index (χ1n) is 18.3. The molecule has 0 spiro atoms. The van der Waals surface area contributed by atoms with E-state index in [1.54, 1.807) is 0 Å². The Morgan fingerprint density at radius 3 is 1.75 bits per heavy atom. The van der Waals surface area contributed by atoms with Crippen molar-refractivity contribution in [3.63, 3.8) is 0 Å². The van der Waals surface area contributed by atoms with Gasteiger partial charge in [0, 0.05) is 41.0 Å². The van der Waals surface area contributed by atoms with Gasteiger partial charge in [0.15, 0.2) is 0 Å². The first-order valence-corrected chi connectivity index (χ1v) is 18.3. The molecule has 0 bridgehead atoms. The van der Waals surface area contributed by atoms with Crippen molar-refractivity contribution >= 4 is 59.1 Å². The topological polar surface area (TPSA) is 276 Å². The zero-order valence-electron chi connectivity index (χ0n) is 32.8. The largest absolute Gasteiger partial charge is 0.376 e. The van der Waals surface area contributed by atoms with Crippen molar-refractivity contribution in [2.24, 2.45) is 0 Å². The van der Waals surface area contributed by atoms with Crippen LogP contribution in [0.3, 0.4) is 0 Å². The molecule has 1 fully saturated rings. The third kappa shape index (κ3) is 16.6. The van der Waals surface area contributed by atoms with Crippen LogP contribution in [0.25, 0.3) is 0 Å². The molecule has 1 aromatic rings. The van der Waals surface area contributed by atoms with Crippen molar-refractivity contribution in [2.75, 3.05) is 80.7 Å². The first kappa shape index (κ1) is 47.0. The number of likely N-dealkylation sites (N-methyl/N-ethyl adjacent to an activating group) is 4. The van der Waals surface area contributed by atoms with Gasteiger partial charge in [0.1, 0.15) is 18.8 Å². The maximum Gasteiger partial charge on any atom is 0.245 e. The van der Waals surface area contributed by atoms with Gasteiger partial charge in [-0.05, 0) is 31.2 Å². The minimum Gasteiger partial charge on any atom is -0.376 e. The van der Waals surface area contributed by atoms with Crippen molar-refractivity contribution in [1.82, 2.24) is 51.5 Å². The van der Waals surface area contributed by atoms with Crippen molar-refractivity contribution in [3.05, 3.63) is 35.9 Å². The number of aliphatic hydroxyl groups is 1. The molecule has 57 heavy (non-hydrogen) atoms. The quantitative estimate of drug-likeness (QED) is 0.149. The Hall–Kier alpha value is -6.12. The number of hydrogen-bond acceptors (Lipinski definition) is 11. The highest BCUT2D eigenvalue weighted by molar-refractivity contribution is 5.94. The van der Waals surface area contributed by atoms with E-state index in [2.05, 4.69) is 31.9 Å². The summed E-state index contributed by atoms with van der Waals surface area (Å²) in [6.07, 6.45) is 0.848. The molecule has 1 saturated heterocycles. The van der Waals surface area contributed by atoms with Crippen LogP contribution in [-0.4, -0.2) is 177 Å². The average Bonchev–Trinajstić information content (AvgIpc) is 3.20. The molecule has 21 heteroatoms. The number of carbonyl (C=O) groups is 10. The van der Waals surface area contributed by atoms with Gasteiger partial charge in [0.25, 0.3) is 0 Å². The van der Waals surface area contributed by atoms with Crippen LogP contribution >= 0.6 is 0 Å². The van der Waals surface area contributed by atoms with E-state index in [1.807, 2.05) is 30.3 Å². The normalized spacial score (nSPS) is 20.8. The zero-order chi connectivity index (χ0) is 42.5. The number of carbonyl (C=O) groups excluding carboxylic acids is 10. The van der Waals surface area contributed by atoms with Crippen molar-refractivity contribution in [1.29, 1.82) is 0 Å². The van der Waals surface area contributed by atoms with Crippen LogP contribution in [0.15, 0.2) is 30.3 Å². The van der Waals surface area contributed by atoms with Gasteiger partial charge in [-0.3, -0.25) is 47.9 Å². The van der Waals surface area contributed by atoms with Crippen LogP contribution in [0.1, 0.15) is 37.7 Å². The number of nitrogens with zero attached hydrogens (tertiary/aromatic N) is 4. The first-order chi connectivity index (χ1) is 27.1. The summed E-state index contributed by atoms with van der Waals surface area (Å²) in [4.78, 5) is 132. The highest BCUT2D eigenvalue weighted by Crippen LogP contribution is 2.13. The van der Waals surface area contributed by atoms with Crippen LogP contribution in [0.5, 0.6) is 0 Å². The molecular formula is C36H54N10O11. The monoisotopic (exact) mass is 802 g/mol. The zero-order valence-corrected chi connectivity index (χ0v) is 32.8. The highest BCUT2D eigenvalue weighted by atomic mass is 16.3. The fraction of sp³-hybridized carbons (Fsp3) is 0.556. The lowest BCUT2D eigenvalue weighted by Gasteiger charge is -2.31. The molecule has 1 aromatic carbocycles. The van der Waals surface area contributed by atoms with Gasteiger partial charge >= 0.3 is 0 Å². The van der Waals surface area contributed by atoms with E-state index in [0.29, 0.717) is 6.42 Å². The fourth-order valence-corrected chi connectivity index (χ4v) is 5.51. The summed E-state index contributed by atoms with van der Waals surface area (Å²) in [5.74, 6) is -6.56. The second-order valence-corrected chi connectivity index (χ2v) is 13.2. The van der Waals surface area contributed by atoms with Gasteiger partial charge in [-0.15, -0.1) is 0 Å². The second kappa shape index (κ2) is 24.4. The van der Waals surface area contributed by atoms with Crippen LogP contribution in [-0.2, 0) is 54.4 Å². The summed E-state index contributed by atoms with van der Waals surface area (Å²) in [5.41, 5.74) is 0.895. The minimum absolute atomic E-state index is 0.0500. The Morgan fingerprint density at radius 2 is 1.19 bits per heavy atom. The number of rotatable bonds is 5. The van der Waals surface area contributed by atoms with Gasteiger partial charge in [-0.2, -0.15) is 0 Å². The van der Waals surface area contributed by atoms with Gasteiger partial charge in [0.2, 0.25) is 59.1 Å². The van der Waals surface area contributed by atoms with Crippen LogP contribution in [0, 0.1) is 0 Å². The Morgan fingerprint density at radius 1 is 0.684 bits per heavy atom. The fourth-order valence-electron chi connectivity index (χ4n) is 5.51. The smallest absolute Gasteiger partial charge is 0.245 e. The maximum absolute atomic E-state index is 13.6. The lowest BCUT2D eigenvalue weighted by atomic mass is 10.0. The molecule has 1 aliphatic heterocycles. The van der Waals surface area contributed by atoms with Gasteiger partial charge < -0.3 is 56.6 Å². The van der Waals surface area contributed by atoms with Gasteiger partial charge in [0.05, 0.1) is 45.8 Å². The summed E-state index contributed by atoms with van der Waals surface area (Å²) in [5, 5.41) is 24.1. The molecule has 2 unspecified atom stereocenters. The Bertz CT molecular complexity index is 1610. The van der Waals surface area contributed by atoms with E-state index in [0.717, 1.165) is 20.3 Å². The van der Waals surface area contributed by atoms with Gasteiger partial charge in [-0.1, -0.05) is 30.3 Å². The number of hydrogen-bond donors (Lipinski definition) is 7. The van der Waals surface area contributed by atoms with E-state index < -0.39 is 117 Å². The van der Waals surface area contributed by atoms with Crippen molar-refractivity contribution in [2.45, 2.75) is 50.6 Å². The second-order valence-electron chi connectivity index (χ2n) is 13.2. The molecule has 1 heterocycles. The SMILES string of the molecule is CNC(=O)C1CN(CO)C(=O)CCCCC(=O)NCC(=O)NCC(=O)N(C)C(CCc2ccccc2)C(=O)N(C)CC(=O)NCC(=O)NCC(=O)NCC(=O)N1C. The molecule has 0 saturated carbocycles. The minimum atomic E-state index is -1.26. The molecule has 1 aliphatic rings. The average molecular weight is 803 g/mol. The molecule has 314 valence electrons.